The van der Waals surface area contributed by atoms with Crippen molar-refractivity contribution in [3.05, 3.63) is 59.7 Å². The number of hydrogen-bond donors (Lipinski definition) is 1. The lowest BCUT2D eigenvalue weighted by Crippen LogP contribution is -2.37. The summed E-state index contributed by atoms with van der Waals surface area (Å²) in [5, 5.41) is 2.91. The number of para-hydroxylation sites is 1. The fourth-order valence-electron chi connectivity index (χ4n) is 2.73. The maximum atomic E-state index is 12.5. The molecule has 2 aromatic rings. The van der Waals surface area contributed by atoms with Gasteiger partial charge >= 0.3 is 0 Å². The van der Waals surface area contributed by atoms with Gasteiger partial charge in [0.2, 0.25) is 0 Å². The molecule has 146 valence electrons. The number of hydrogen-bond acceptors (Lipinski definition) is 4. The summed E-state index contributed by atoms with van der Waals surface area (Å²) in [6, 6.07) is 14.0. The van der Waals surface area contributed by atoms with Crippen molar-refractivity contribution in [2.75, 3.05) is 6.26 Å². The zero-order valence-corrected chi connectivity index (χ0v) is 17.2. The lowest BCUT2D eigenvalue weighted by atomic mass is 10.0. The molecule has 0 radical (unpaired) electrons. The number of amides is 1. The van der Waals surface area contributed by atoms with Crippen LogP contribution in [-0.2, 0) is 14.6 Å². The van der Waals surface area contributed by atoms with Crippen molar-refractivity contribution >= 4 is 15.7 Å². The molecule has 0 aliphatic heterocycles. The monoisotopic (exact) mass is 389 g/mol. The molecule has 1 N–H and O–H groups in total. The minimum atomic E-state index is -3.23. The Balaban J connectivity index is 2.04. The molecule has 1 amide bonds. The van der Waals surface area contributed by atoms with Gasteiger partial charge in [-0.1, -0.05) is 44.2 Å². The molecular weight excluding hydrogens is 362 g/mol. The first-order valence-corrected chi connectivity index (χ1v) is 10.8. The Labute approximate surface area is 161 Å². The molecule has 0 aliphatic carbocycles. The highest BCUT2D eigenvalue weighted by molar-refractivity contribution is 7.90. The maximum Gasteiger partial charge on any atom is 0.261 e. The standard InChI is InChI=1S/C21H27NO4S/c1-14(2)19-8-6-7-9-20(19)26-16(4)21(23)22-15(3)17-10-12-18(13-11-17)27(5,24)25/h6-16H,1-5H3,(H,22,23)/t15-,16-/m1/s1. The van der Waals surface area contributed by atoms with Gasteiger partial charge in [0.25, 0.3) is 5.91 Å². The molecule has 27 heavy (non-hydrogen) atoms. The van der Waals surface area contributed by atoms with Crippen molar-refractivity contribution in [2.24, 2.45) is 0 Å². The molecule has 6 heteroatoms. The van der Waals surface area contributed by atoms with Crippen LogP contribution in [0.3, 0.4) is 0 Å². The first-order chi connectivity index (χ1) is 12.6. The van der Waals surface area contributed by atoms with Crippen LogP contribution in [0.4, 0.5) is 0 Å². The highest BCUT2D eigenvalue weighted by Gasteiger charge is 2.19. The van der Waals surface area contributed by atoms with Gasteiger partial charge < -0.3 is 10.1 Å². The Kier molecular flexibility index (Phi) is 6.65. The zero-order valence-electron chi connectivity index (χ0n) is 16.4. The molecule has 2 atom stereocenters. The van der Waals surface area contributed by atoms with Crippen LogP contribution >= 0.6 is 0 Å². The number of carbonyl (C=O) groups excluding carboxylic acids is 1. The minimum Gasteiger partial charge on any atom is -0.481 e. The molecule has 0 aromatic heterocycles. The highest BCUT2D eigenvalue weighted by Crippen LogP contribution is 2.27. The van der Waals surface area contributed by atoms with Gasteiger partial charge in [-0.25, -0.2) is 8.42 Å². The lowest BCUT2D eigenvalue weighted by molar-refractivity contribution is -0.127. The second-order valence-electron chi connectivity index (χ2n) is 7.02. The first-order valence-electron chi connectivity index (χ1n) is 8.95. The summed E-state index contributed by atoms with van der Waals surface area (Å²) in [7, 11) is -3.23. The molecule has 0 saturated carbocycles. The van der Waals surface area contributed by atoms with Crippen LogP contribution in [0.25, 0.3) is 0 Å². The molecule has 2 rings (SSSR count). The second-order valence-corrected chi connectivity index (χ2v) is 9.04. The Morgan fingerprint density at radius 3 is 2.11 bits per heavy atom. The predicted molar refractivity (Wildman–Crippen MR) is 107 cm³/mol. The molecule has 0 fully saturated rings. The van der Waals surface area contributed by atoms with Crippen LogP contribution in [0.5, 0.6) is 5.75 Å². The third kappa shape index (κ3) is 5.57. The average molecular weight is 390 g/mol. The van der Waals surface area contributed by atoms with E-state index in [4.69, 9.17) is 4.74 Å². The van der Waals surface area contributed by atoms with Crippen molar-refractivity contribution in [3.8, 4) is 5.75 Å². The van der Waals surface area contributed by atoms with Crippen LogP contribution in [-0.4, -0.2) is 26.7 Å². The predicted octanol–water partition coefficient (Wildman–Crippen LogP) is 3.86. The van der Waals surface area contributed by atoms with Gasteiger partial charge in [0, 0.05) is 6.26 Å². The van der Waals surface area contributed by atoms with Crippen molar-refractivity contribution in [3.63, 3.8) is 0 Å². The average Bonchev–Trinajstić information content (AvgIpc) is 2.61. The Hall–Kier alpha value is -2.34. The van der Waals surface area contributed by atoms with E-state index in [0.29, 0.717) is 11.7 Å². The van der Waals surface area contributed by atoms with Crippen LogP contribution in [0.1, 0.15) is 50.8 Å². The molecule has 0 saturated heterocycles. The summed E-state index contributed by atoms with van der Waals surface area (Å²) >= 11 is 0. The maximum absolute atomic E-state index is 12.5. The molecule has 5 nitrogen and oxygen atoms in total. The minimum absolute atomic E-state index is 0.228. The van der Waals surface area contributed by atoms with E-state index in [1.807, 2.05) is 31.2 Å². The highest BCUT2D eigenvalue weighted by atomic mass is 32.2. The third-order valence-corrected chi connectivity index (χ3v) is 5.51. The quantitative estimate of drug-likeness (QED) is 0.780. The van der Waals surface area contributed by atoms with Gasteiger partial charge in [-0.3, -0.25) is 4.79 Å². The molecule has 2 aromatic carbocycles. The van der Waals surface area contributed by atoms with E-state index in [-0.39, 0.29) is 16.8 Å². The molecular formula is C21H27NO4S. The summed E-state index contributed by atoms with van der Waals surface area (Å²) in [4.78, 5) is 12.8. The Morgan fingerprint density at radius 2 is 1.56 bits per heavy atom. The van der Waals surface area contributed by atoms with E-state index in [1.165, 1.54) is 6.26 Å². The molecule has 0 bridgehead atoms. The first kappa shape index (κ1) is 21.0. The number of nitrogens with one attached hydrogen (secondary N) is 1. The van der Waals surface area contributed by atoms with Gasteiger partial charge in [0.05, 0.1) is 10.9 Å². The van der Waals surface area contributed by atoms with E-state index in [0.717, 1.165) is 11.1 Å². The van der Waals surface area contributed by atoms with E-state index in [1.54, 1.807) is 31.2 Å². The smallest absolute Gasteiger partial charge is 0.261 e. The Morgan fingerprint density at radius 1 is 0.963 bits per heavy atom. The second kappa shape index (κ2) is 8.57. The SMILES string of the molecule is CC(C)c1ccccc1O[C@H](C)C(=O)N[C@H](C)c1ccc(S(C)(=O)=O)cc1. The van der Waals surface area contributed by atoms with Crippen molar-refractivity contribution < 1.29 is 17.9 Å². The van der Waals surface area contributed by atoms with Gasteiger partial charge in [-0.05, 0) is 49.1 Å². The summed E-state index contributed by atoms with van der Waals surface area (Å²) in [5.74, 6) is 0.775. The number of benzene rings is 2. The molecule has 0 heterocycles. The number of carbonyl (C=O) groups is 1. The molecule has 0 unspecified atom stereocenters. The summed E-state index contributed by atoms with van der Waals surface area (Å²) in [6.45, 7) is 7.72. The molecule has 0 spiro atoms. The van der Waals surface area contributed by atoms with Crippen LogP contribution in [0.15, 0.2) is 53.4 Å². The van der Waals surface area contributed by atoms with Crippen LogP contribution in [0, 0.1) is 0 Å². The Bertz CT molecular complexity index is 889. The number of sulfone groups is 1. The van der Waals surface area contributed by atoms with Crippen molar-refractivity contribution in [1.29, 1.82) is 0 Å². The van der Waals surface area contributed by atoms with Crippen molar-refractivity contribution in [2.45, 2.75) is 50.7 Å². The normalized spacial score (nSPS) is 13.9. The van der Waals surface area contributed by atoms with Crippen molar-refractivity contribution in [1.82, 2.24) is 5.32 Å². The summed E-state index contributed by atoms with van der Waals surface area (Å²) in [6.07, 6.45) is 0.518. The van der Waals surface area contributed by atoms with Crippen LogP contribution < -0.4 is 10.1 Å². The number of ether oxygens (including phenoxy) is 1. The van der Waals surface area contributed by atoms with E-state index in [2.05, 4.69) is 19.2 Å². The van der Waals surface area contributed by atoms with E-state index < -0.39 is 15.9 Å². The largest absolute Gasteiger partial charge is 0.481 e. The van der Waals surface area contributed by atoms with Gasteiger partial charge in [-0.15, -0.1) is 0 Å². The van der Waals surface area contributed by atoms with Gasteiger partial charge in [-0.2, -0.15) is 0 Å². The third-order valence-electron chi connectivity index (χ3n) is 4.38. The lowest BCUT2D eigenvalue weighted by Gasteiger charge is -2.21. The summed E-state index contributed by atoms with van der Waals surface area (Å²) < 4.78 is 29.0. The zero-order chi connectivity index (χ0) is 20.2. The van der Waals surface area contributed by atoms with Gasteiger partial charge in [0.1, 0.15) is 5.75 Å². The summed E-state index contributed by atoms with van der Waals surface area (Å²) in [5.41, 5.74) is 1.88. The topological polar surface area (TPSA) is 72.5 Å². The molecule has 0 aliphatic rings. The fraction of sp³-hybridized carbons (Fsp3) is 0.381. The van der Waals surface area contributed by atoms with E-state index >= 15 is 0 Å². The van der Waals surface area contributed by atoms with Crippen LogP contribution in [0.2, 0.25) is 0 Å². The fourth-order valence-corrected chi connectivity index (χ4v) is 3.36. The van der Waals surface area contributed by atoms with Gasteiger partial charge in [0.15, 0.2) is 15.9 Å². The van der Waals surface area contributed by atoms with E-state index in [9.17, 15) is 13.2 Å². The number of rotatable bonds is 7.